The molecule has 0 aliphatic rings. The summed E-state index contributed by atoms with van der Waals surface area (Å²) in [6.45, 7) is 12.1. The van der Waals surface area contributed by atoms with Gasteiger partial charge in [0, 0.05) is 18.5 Å². The van der Waals surface area contributed by atoms with Crippen LogP contribution < -0.4 is 10.1 Å². The molecule has 0 radical (unpaired) electrons. The second-order valence-electron chi connectivity index (χ2n) is 10.5. The van der Waals surface area contributed by atoms with Crippen molar-refractivity contribution in [1.82, 2.24) is 10.2 Å². The van der Waals surface area contributed by atoms with Crippen LogP contribution in [0.4, 0.5) is 0 Å². The van der Waals surface area contributed by atoms with Gasteiger partial charge in [-0.3, -0.25) is 9.59 Å². The molecule has 0 aliphatic carbocycles. The van der Waals surface area contributed by atoms with Crippen molar-refractivity contribution in [3.8, 4) is 5.75 Å². The van der Waals surface area contributed by atoms with E-state index in [0.29, 0.717) is 18.7 Å². The number of nitrogens with one attached hydrogen (secondary N) is 1. The van der Waals surface area contributed by atoms with E-state index < -0.39 is 11.6 Å². The Morgan fingerprint density at radius 3 is 2.14 bits per heavy atom. The van der Waals surface area contributed by atoms with Gasteiger partial charge < -0.3 is 15.0 Å². The van der Waals surface area contributed by atoms with Crippen LogP contribution in [0.25, 0.3) is 0 Å². The Hall–Kier alpha value is -3.60. The predicted octanol–water partition coefficient (Wildman–Crippen LogP) is 5.55. The fraction of sp³-hybridized carbons (Fsp3) is 0.355. The van der Waals surface area contributed by atoms with E-state index in [1.54, 1.807) is 4.90 Å². The van der Waals surface area contributed by atoms with Crippen LogP contribution in [0.5, 0.6) is 5.75 Å². The Morgan fingerprint density at radius 2 is 1.53 bits per heavy atom. The molecular formula is C31H38N2O3. The van der Waals surface area contributed by atoms with Gasteiger partial charge in [-0.1, -0.05) is 66.2 Å². The molecule has 3 aromatic carbocycles. The standard InChI is InChI=1S/C31H38N2O3/c1-22-12-15-26(16-13-22)20-33(29(34)21-36-27-17-14-23(2)24(3)18-27)28(30(35)32-31(4,5)6)19-25-10-8-7-9-11-25/h7-18,28H,19-21H2,1-6H3,(H,32,35)/t28-/m0/s1. The van der Waals surface area contributed by atoms with Gasteiger partial charge in [0.2, 0.25) is 5.91 Å². The molecule has 5 nitrogen and oxygen atoms in total. The Bertz CT molecular complexity index is 1160. The number of hydrogen-bond donors (Lipinski definition) is 1. The molecule has 36 heavy (non-hydrogen) atoms. The lowest BCUT2D eigenvalue weighted by molar-refractivity contribution is -0.143. The number of aryl methyl sites for hydroxylation is 3. The summed E-state index contributed by atoms with van der Waals surface area (Å²) < 4.78 is 5.90. The van der Waals surface area contributed by atoms with E-state index in [1.165, 1.54) is 0 Å². The molecule has 0 aromatic heterocycles. The molecule has 0 spiro atoms. The first-order chi connectivity index (χ1) is 17.0. The zero-order valence-corrected chi connectivity index (χ0v) is 22.3. The summed E-state index contributed by atoms with van der Waals surface area (Å²) in [6, 6.07) is 22.9. The fourth-order valence-corrected chi connectivity index (χ4v) is 3.93. The third-order valence-electron chi connectivity index (χ3n) is 6.08. The maximum absolute atomic E-state index is 13.7. The summed E-state index contributed by atoms with van der Waals surface area (Å²) in [5, 5.41) is 3.08. The van der Waals surface area contributed by atoms with E-state index in [1.807, 2.05) is 114 Å². The van der Waals surface area contributed by atoms with Crippen LogP contribution >= 0.6 is 0 Å². The molecule has 0 heterocycles. The first kappa shape index (κ1) is 27.0. The van der Waals surface area contributed by atoms with Crippen LogP contribution in [0.1, 0.15) is 48.6 Å². The SMILES string of the molecule is Cc1ccc(CN(C(=O)COc2ccc(C)c(C)c2)[C@@H](Cc2ccccc2)C(=O)NC(C)(C)C)cc1. The van der Waals surface area contributed by atoms with Crippen LogP contribution in [0, 0.1) is 20.8 Å². The molecule has 0 saturated carbocycles. The first-order valence-electron chi connectivity index (χ1n) is 12.4. The van der Waals surface area contributed by atoms with Gasteiger partial charge >= 0.3 is 0 Å². The number of amides is 2. The second-order valence-corrected chi connectivity index (χ2v) is 10.5. The predicted molar refractivity (Wildman–Crippen MR) is 145 cm³/mol. The Kier molecular flexibility index (Phi) is 8.92. The molecule has 0 unspecified atom stereocenters. The molecule has 1 atom stereocenters. The average Bonchev–Trinajstić information content (AvgIpc) is 2.82. The zero-order valence-electron chi connectivity index (χ0n) is 22.3. The number of rotatable bonds is 9. The number of ether oxygens (including phenoxy) is 1. The summed E-state index contributed by atoms with van der Waals surface area (Å²) in [4.78, 5) is 28.9. The van der Waals surface area contributed by atoms with E-state index >= 15 is 0 Å². The highest BCUT2D eigenvalue weighted by atomic mass is 16.5. The maximum Gasteiger partial charge on any atom is 0.261 e. The lowest BCUT2D eigenvalue weighted by atomic mass is 10.0. The van der Waals surface area contributed by atoms with Gasteiger partial charge in [0.25, 0.3) is 5.91 Å². The van der Waals surface area contributed by atoms with Crippen molar-refractivity contribution in [2.75, 3.05) is 6.61 Å². The van der Waals surface area contributed by atoms with Crippen LogP contribution in [-0.4, -0.2) is 34.9 Å². The molecule has 5 heteroatoms. The van der Waals surface area contributed by atoms with Crippen molar-refractivity contribution in [3.63, 3.8) is 0 Å². The first-order valence-corrected chi connectivity index (χ1v) is 12.4. The molecular weight excluding hydrogens is 448 g/mol. The number of nitrogens with zero attached hydrogens (tertiary/aromatic N) is 1. The summed E-state index contributed by atoms with van der Waals surface area (Å²) in [5.74, 6) is 0.220. The zero-order chi connectivity index (χ0) is 26.3. The molecule has 0 bridgehead atoms. The third-order valence-corrected chi connectivity index (χ3v) is 6.08. The molecule has 0 saturated heterocycles. The van der Waals surface area contributed by atoms with E-state index in [4.69, 9.17) is 4.74 Å². The molecule has 0 fully saturated rings. The highest BCUT2D eigenvalue weighted by Crippen LogP contribution is 2.19. The Labute approximate surface area is 215 Å². The van der Waals surface area contributed by atoms with Gasteiger partial charge in [-0.15, -0.1) is 0 Å². The number of benzene rings is 3. The maximum atomic E-state index is 13.7. The highest BCUT2D eigenvalue weighted by Gasteiger charge is 2.32. The number of carbonyl (C=O) groups excluding carboxylic acids is 2. The summed E-state index contributed by atoms with van der Waals surface area (Å²) >= 11 is 0. The molecule has 0 aliphatic heterocycles. The monoisotopic (exact) mass is 486 g/mol. The van der Waals surface area contributed by atoms with Gasteiger partial charge in [0.05, 0.1) is 0 Å². The summed E-state index contributed by atoms with van der Waals surface area (Å²) in [7, 11) is 0. The van der Waals surface area contributed by atoms with E-state index in [9.17, 15) is 9.59 Å². The van der Waals surface area contributed by atoms with Crippen LogP contribution in [0.15, 0.2) is 72.8 Å². The van der Waals surface area contributed by atoms with Gasteiger partial charge in [0.15, 0.2) is 6.61 Å². The lowest BCUT2D eigenvalue weighted by Gasteiger charge is -2.33. The summed E-state index contributed by atoms with van der Waals surface area (Å²) in [5.41, 5.74) is 4.92. The van der Waals surface area contributed by atoms with Crippen molar-refractivity contribution in [1.29, 1.82) is 0 Å². The van der Waals surface area contributed by atoms with Crippen molar-refractivity contribution < 1.29 is 14.3 Å². The van der Waals surface area contributed by atoms with E-state index in [-0.39, 0.29) is 18.4 Å². The van der Waals surface area contributed by atoms with Crippen LogP contribution in [0.2, 0.25) is 0 Å². The van der Waals surface area contributed by atoms with Crippen molar-refractivity contribution in [2.24, 2.45) is 0 Å². The third kappa shape index (κ3) is 7.98. The molecule has 190 valence electrons. The topological polar surface area (TPSA) is 58.6 Å². The minimum atomic E-state index is -0.691. The Morgan fingerprint density at radius 1 is 0.861 bits per heavy atom. The van der Waals surface area contributed by atoms with E-state index in [2.05, 4.69) is 5.32 Å². The van der Waals surface area contributed by atoms with Gasteiger partial charge in [-0.2, -0.15) is 0 Å². The fourth-order valence-electron chi connectivity index (χ4n) is 3.93. The van der Waals surface area contributed by atoms with Crippen LogP contribution in [0.3, 0.4) is 0 Å². The highest BCUT2D eigenvalue weighted by molar-refractivity contribution is 5.89. The Balaban J connectivity index is 1.92. The minimum absolute atomic E-state index is 0.150. The van der Waals surface area contributed by atoms with Crippen molar-refractivity contribution in [3.05, 3.63) is 101 Å². The molecule has 1 N–H and O–H groups in total. The number of hydrogen-bond acceptors (Lipinski definition) is 3. The quantitative estimate of drug-likeness (QED) is 0.432. The van der Waals surface area contributed by atoms with Gasteiger partial charge in [-0.25, -0.2) is 0 Å². The van der Waals surface area contributed by atoms with Crippen molar-refractivity contribution in [2.45, 2.75) is 66.1 Å². The smallest absolute Gasteiger partial charge is 0.261 e. The largest absolute Gasteiger partial charge is 0.484 e. The van der Waals surface area contributed by atoms with Gasteiger partial charge in [0.1, 0.15) is 11.8 Å². The molecule has 2 amide bonds. The minimum Gasteiger partial charge on any atom is -0.484 e. The number of carbonyl (C=O) groups is 2. The molecule has 3 aromatic rings. The van der Waals surface area contributed by atoms with Gasteiger partial charge in [-0.05, 0) is 75.9 Å². The average molecular weight is 487 g/mol. The molecule has 3 rings (SSSR count). The van der Waals surface area contributed by atoms with E-state index in [0.717, 1.165) is 27.8 Å². The van der Waals surface area contributed by atoms with Crippen LogP contribution in [-0.2, 0) is 22.6 Å². The van der Waals surface area contributed by atoms with Crippen molar-refractivity contribution >= 4 is 11.8 Å². The normalized spacial score (nSPS) is 12.1. The summed E-state index contributed by atoms with van der Waals surface area (Å²) in [6.07, 6.45) is 0.407. The lowest BCUT2D eigenvalue weighted by Crippen LogP contribution is -2.55. The second kappa shape index (κ2) is 11.9.